The molecule has 2 aromatic rings. The van der Waals surface area contributed by atoms with E-state index in [0.717, 1.165) is 30.8 Å². The molecule has 0 fully saturated rings. The van der Waals surface area contributed by atoms with Gasteiger partial charge in [-0.3, -0.25) is 9.69 Å². The molecule has 134 valence electrons. The number of carboxylic acid groups (broad SMARTS) is 1. The van der Waals surface area contributed by atoms with E-state index in [2.05, 4.69) is 4.90 Å². The van der Waals surface area contributed by atoms with Crippen LogP contribution >= 0.6 is 23.2 Å². The van der Waals surface area contributed by atoms with Crippen LogP contribution in [0, 0.1) is 5.92 Å². The molecule has 5 heteroatoms. The molecular formula is C20H23Cl2NO2. The first kappa shape index (κ1) is 19.8. The predicted octanol–water partition coefficient (Wildman–Crippen LogP) is 5.50. The van der Waals surface area contributed by atoms with E-state index in [-0.39, 0.29) is 5.92 Å². The van der Waals surface area contributed by atoms with Crippen LogP contribution in [0.5, 0.6) is 0 Å². The van der Waals surface area contributed by atoms with Crippen LogP contribution in [-0.2, 0) is 17.9 Å². The molecule has 2 rings (SSSR count). The summed E-state index contributed by atoms with van der Waals surface area (Å²) in [7, 11) is 0. The molecule has 0 bridgehead atoms. The SMILES string of the molecule is CCC(CCN(Cc1ccc(Cl)cc1)Cc1ccc(Cl)cc1)C(=O)O. The Morgan fingerprint density at radius 3 is 1.76 bits per heavy atom. The van der Waals surface area contributed by atoms with Crippen LogP contribution in [0.25, 0.3) is 0 Å². The second-order valence-electron chi connectivity index (χ2n) is 6.20. The number of rotatable bonds is 9. The molecule has 2 aromatic carbocycles. The van der Waals surface area contributed by atoms with E-state index >= 15 is 0 Å². The summed E-state index contributed by atoms with van der Waals surface area (Å²) in [5.74, 6) is -1.03. The average Bonchev–Trinajstić information content (AvgIpc) is 2.59. The third-order valence-electron chi connectivity index (χ3n) is 4.27. The summed E-state index contributed by atoms with van der Waals surface area (Å²) < 4.78 is 0. The van der Waals surface area contributed by atoms with Crippen LogP contribution in [0.1, 0.15) is 30.9 Å². The molecule has 0 saturated heterocycles. The van der Waals surface area contributed by atoms with Crippen LogP contribution in [0.15, 0.2) is 48.5 Å². The first-order valence-corrected chi connectivity index (χ1v) is 9.17. The number of halogens is 2. The van der Waals surface area contributed by atoms with Gasteiger partial charge in [-0.05, 0) is 54.8 Å². The van der Waals surface area contributed by atoms with Crippen LogP contribution in [0.4, 0.5) is 0 Å². The molecule has 0 aliphatic rings. The van der Waals surface area contributed by atoms with E-state index in [1.54, 1.807) is 0 Å². The van der Waals surface area contributed by atoms with Gasteiger partial charge in [0.15, 0.2) is 0 Å². The molecule has 0 saturated carbocycles. The van der Waals surface area contributed by atoms with Crippen molar-refractivity contribution < 1.29 is 9.90 Å². The number of benzene rings is 2. The van der Waals surface area contributed by atoms with Crippen molar-refractivity contribution in [1.82, 2.24) is 4.90 Å². The molecule has 1 unspecified atom stereocenters. The van der Waals surface area contributed by atoms with Gasteiger partial charge < -0.3 is 5.11 Å². The zero-order chi connectivity index (χ0) is 18.2. The lowest BCUT2D eigenvalue weighted by Crippen LogP contribution is -2.27. The smallest absolute Gasteiger partial charge is 0.306 e. The molecule has 0 spiro atoms. The second-order valence-corrected chi connectivity index (χ2v) is 7.07. The first-order valence-electron chi connectivity index (χ1n) is 8.42. The summed E-state index contributed by atoms with van der Waals surface area (Å²) >= 11 is 11.9. The van der Waals surface area contributed by atoms with Gasteiger partial charge in [-0.1, -0.05) is 54.4 Å². The van der Waals surface area contributed by atoms with Gasteiger partial charge in [0.1, 0.15) is 0 Å². The molecular weight excluding hydrogens is 357 g/mol. The summed E-state index contributed by atoms with van der Waals surface area (Å²) in [5.41, 5.74) is 2.31. The van der Waals surface area contributed by atoms with Crippen LogP contribution in [0.2, 0.25) is 10.0 Å². The zero-order valence-corrected chi connectivity index (χ0v) is 15.8. The van der Waals surface area contributed by atoms with Crippen molar-refractivity contribution in [3.8, 4) is 0 Å². The number of carbonyl (C=O) groups is 1. The third-order valence-corrected chi connectivity index (χ3v) is 4.78. The molecule has 0 heterocycles. The number of nitrogens with zero attached hydrogens (tertiary/aromatic N) is 1. The molecule has 0 amide bonds. The van der Waals surface area contributed by atoms with Crippen molar-refractivity contribution in [3.63, 3.8) is 0 Å². The summed E-state index contributed by atoms with van der Waals surface area (Å²) in [6, 6.07) is 15.5. The van der Waals surface area contributed by atoms with Gasteiger partial charge in [-0.2, -0.15) is 0 Å². The molecule has 3 nitrogen and oxygen atoms in total. The van der Waals surface area contributed by atoms with E-state index in [1.165, 1.54) is 0 Å². The van der Waals surface area contributed by atoms with Gasteiger partial charge in [-0.25, -0.2) is 0 Å². The number of aliphatic carboxylic acids is 1. The van der Waals surface area contributed by atoms with Crippen molar-refractivity contribution in [2.75, 3.05) is 6.54 Å². The maximum absolute atomic E-state index is 11.3. The first-order chi connectivity index (χ1) is 12.0. The van der Waals surface area contributed by atoms with Crippen LogP contribution in [0.3, 0.4) is 0 Å². The number of carboxylic acids is 1. The quantitative estimate of drug-likeness (QED) is 0.625. The summed E-state index contributed by atoms with van der Waals surface area (Å²) in [6.07, 6.45) is 1.28. The fraction of sp³-hybridized carbons (Fsp3) is 0.350. The Kier molecular flexibility index (Phi) is 7.76. The average molecular weight is 380 g/mol. The largest absolute Gasteiger partial charge is 0.481 e. The van der Waals surface area contributed by atoms with E-state index in [1.807, 2.05) is 55.5 Å². The lowest BCUT2D eigenvalue weighted by molar-refractivity contribution is -0.142. The Morgan fingerprint density at radius 1 is 0.960 bits per heavy atom. The number of hydrogen-bond acceptors (Lipinski definition) is 2. The summed E-state index contributed by atoms with van der Waals surface area (Å²) in [4.78, 5) is 13.5. The van der Waals surface area contributed by atoms with Gasteiger partial charge in [-0.15, -0.1) is 0 Å². The number of hydrogen-bond donors (Lipinski definition) is 1. The van der Waals surface area contributed by atoms with Crippen molar-refractivity contribution >= 4 is 29.2 Å². The standard InChI is InChI=1S/C20H23Cl2NO2/c1-2-17(20(24)25)11-12-23(13-15-3-7-18(21)8-4-15)14-16-5-9-19(22)10-6-16/h3-10,17H,2,11-14H2,1H3,(H,24,25). The van der Waals surface area contributed by atoms with Crippen molar-refractivity contribution in [1.29, 1.82) is 0 Å². The molecule has 0 aromatic heterocycles. The highest BCUT2D eigenvalue weighted by atomic mass is 35.5. The Balaban J connectivity index is 2.07. The molecule has 1 N–H and O–H groups in total. The van der Waals surface area contributed by atoms with Crippen molar-refractivity contribution in [3.05, 3.63) is 69.7 Å². The summed E-state index contributed by atoms with van der Waals surface area (Å²) in [5, 5.41) is 10.7. The van der Waals surface area contributed by atoms with Gasteiger partial charge in [0.25, 0.3) is 0 Å². The highest BCUT2D eigenvalue weighted by Crippen LogP contribution is 2.17. The van der Waals surface area contributed by atoms with E-state index in [4.69, 9.17) is 23.2 Å². The Labute approximate surface area is 159 Å². The lowest BCUT2D eigenvalue weighted by atomic mass is 10.0. The van der Waals surface area contributed by atoms with Gasteiger partial charge in [0.05, 0.1) is 5.92 Å². The van der Waals surface area contributed by atoms with E-state index in [9.17, 15) is 9.90 Å². The van der Waals surface area contributed by atoms with E-state index in [0.29, 0.717) is 22.9 Å². The van der Waals surface area contributed by atoms with Crippen molar-refractivity contribution in [2.24, 2.45) is 5.92 Å². The van der Waals surface area contributed by atoms with Gasteiger partial charge in [0.2, 0.25) is 0 Å². The van der Waals surface area contributed by atoms with Gasteiger partial charge in [0, 0.05) is 23.1 Å². The maximum atomic E-state index is 11.3. The fourth-order valence-corrected chi connectivity index (χ4v) is 3.00. The molecule has 1 atom stereocenters. The Bertz CT molecular complexity index is 624. The minimum absolute atomic E-state index is 0.307. The van der Waals surface area contributed by atoms with Crippen LogP contribution in [-0.4, -0.2) is 22.5 Å². The Morgan fingerprint density at radius 2 is 1.40 bits per heavy atom. The third kappa shape index (κ3) is 6.69. The van der Waals surface area contributed by atoms with Gasteiger partial charge >= 0.3 is 5.97 Å². The van der Waals surface area contributed by atoms with E-state index < -0.39 is 5.97 Å². The molecule has 0 aliphatic heterocycles. The molecule has 25 heavy (non-hydrogen) atoms. The van der Waals surface area contributed by atoms with Crippen molar-refractivity contribution in [2.45, 2.75) is 32.9 Å². The molecule has 0 radical (unpaired) electrons. The highest BCUT2D eigenvalue weighted by molar-refractivity contribution is 6.30. The fourth-order valence-electron chi connectivity index (χ4n) is 2.75. The highest BCUT2D eigenvalue weighted by Gasteiger charge is 2.17. The maximum Gasteiger partial charge on any atom is 0.306 e. The molecule has 0 aliphatic carbocycles. The minimum Gasteiger partial charge on any atom is -0.481 e. The lowest BCUT2D eigenvalue weighted by Gasteiger charge is -2.24. The van der Waals surface area contributed by atoms with Crippen LogP contribution < -0.4 is 0 Å². The zero-order valence-electron chi connectivity index (χ0n) is 14.3. The predicted molar refractivity (Wildman–Crippen MR) is 103 cm³/mol. The second kappa shape index (κ2) is 9.81. The monoisotopic (exact) mass is 379 g/mol. The minimum atomic E-state index is -0.722. The topological polar surface area (TPSA) is 40.5 Å². The Hall–Kier alpha value is -1.55. The summed E-state index contributed by atoms with van der Waals surface area (Å²) in [6.45, 7) is 4.13. The normalized spacial score (nSPS) is 12.3.